The predicted molar refractivity (Wildman–Crippen MR) is 67.8 cm³/mol. The van der Waals surface area contributed by atoms with E-state index >= 15 is 0 Å². The SMILES string of the molecule is CCCOc1ccc(C(NN)c2ncn[nH]2)cc1. The fourth-order valence-corrected chi connectivity index (χ4v) is 1.66. The molecule has 6 nitrogen and oxygen atoms in total. The van der Waals surface area contributed by atoms with Crippen LogP contribution in [-0.2, 0) is 0 Å². The maximum Gasteiger partial charge on any atom is 0.147 e. The van der Waals surface area contributed by atoms with E-state index in [1.54, 1.807) is 0 Å². The van der Waals surface area contributed by atoms with E-state index in [0.29, 0.717) is 5.82 Å². The average Bonchev–Trinajstić information content (AvgIpc) is 2.93. The summed E-state index contributed by atoms with van der Waals surface area (Å²) >= 11 is 0. The minimum absolute atomic E-state index is 0.201. The first-order chi connectivity index (χ1) is 8.85. The van der Waals surface area contributed by atoms with Crippen molar-refractivity contribution in [1.82, 2.24) is 20.6 Å². The number of aromatic nitrogens is 3. The van der Waals surface area contributed by atoms with Crippen molar-refractivity contribution < 1.29 is 4.74 Å². The van der Waals surface area contributed by atoms with Crippen molar-refractivity contribution in [3.05, 3.63) is 42.0 Å². The van der Waals surface area contributed by atoms with Crippen molar-refractivity contribution in [3.8, 4) is 5.75 Å². The van der Waals surface area contributed by atoms with Gasteiger partial charge in [-0.15, -0.1) is 0 Å². The number of aromatic amines is 1. The monoisotopic (exact) mass is 247 g/mol. The minimum atomic E-state index is -0.201. The Morgan fingerprint density at radius 2 is 2.17 bits per heavy atom. The number of nitrogens with zero attached hydrogens (tertiary/aromatic N) is 2. The van der Waals surface area contributed by atoms with Gasteiger partial charge >= 0.3 is 0 Å². The van der Waals surface area contributed by atoms with E-state index in [1.165, 1.54) is 6.33 Å². The minimum Gasteiger partial charge on any atom is -0.494 e. The van der Waals surface area contributed by atoms with Gasteiger partial charge in [0.25, 0.3) is 0 Å². The number of H-pyrrole nitrogens is 1. The molecule has 1 aromatic carbocycles. The van der Waals surface area contributed by atoms with Crippen LogP contribution in [0.25, 0.3) is 0 Å². The predicted octanol–water partition coefficient (Wildman–Crippen LogP) is 1.15. The molecule has 2 aromatic rings. The molecule has 0 fully saturated rings. The molecule has 0 saturated carbocycles. The highest BCUT2D eigenvalue weighted by atomic mass is 16.5. The molecule has 0 spiro atoms. The molecule has 0 amide bonds. The summed E-state index contributed by atoms with van der Waals surface area (Å²) < 4.78 is 5.53. The van der Waals surface area contributed by atoms with Crippen molar-refractivity contribution in [2.75, 3.05) is 6.61 Å². The van der Waals surface area contributed by atoms with Gasteiger partial charge in [-0.1, -0.05) is 19.1 Å². The fraction of sp³-hybridized carbons (Fsp3) is 0.333. The fourth-order valence-electron chi connectivity index (χ4n) is 1.66. The summed E-state index contributed by atoms with van der Waals surface area (Å²) in [6.45, 7) is 2.80. The zero-order chi connectivity index (χ0) is 12.8. The second kappa shape index (κ2) is 6.13. The maximum absolute atomic E-state index is 5.55. The smallest absolute Gasteiger partial charge is 0.147 e. The summed E-state index contributed by atoms with van der Waals surface area (Å²) in [5.74, 6) is 7.08. The van der Waals surface area contributed by atoms with Crippen LogP contribution in [0, 0.1) is 0 Å². The summed E-state index contributed by atoms with van der Waals surface area (Å²) in [5, 5.41) is 6.62. The summed E-state index contributed by atoms with van der Waals surface area (Å²) in [4.78, 5) is 4.10. The molecule has 4 N–H and O–H groups in total. The van der Waals surface area contributed by atoms with Crippen LogP contribution in [0.2, 0.25) is 0 Å². The quantitative estimate of drug-likeness (QED) is 0.526. The van der Waals surface area contributed by atoms with Gasteiger partial charge in [-0.25, -0.2) is 10.4 Å². The third-order valence-corrected chi connectivity index (χ3v) is 2.56. The van der Waals surface area contributed by atoms with Crippen molar-refractivity contribution in [2.24, 2.45) is 5.84 Å². The molecular weight excluding hydrogens is 230 g/mol. The molecule has 96 valence electrons. The van der Waals surface area contributed by atoms with Crippen LogP contribution in [0.3, 0.4) is 0 Å². The lowest BCUT2D eigenvalue weighted by Gasteiger charge is -2.14. The first-order valence-corrected chi connectivity index (χ1v) is 5.89. The van der Waals surface area contributed by atoms with Crippen LogP contribution in [-0.4, -0.2) is 21.8 Å². The van der Waals surface area contributed by atoms with Crippen LogP contribution in [0.5, 0.6) is 5.75 Å². The highest BCUT2D eigenvalue weighted by Crippen LogP contribution is 2.20. The number of ether oxygens (including phenoxy) is 1. The number of rotatable bonds is 6. The van der Waals surface area contributed by atoms with Gasteiger partial charge in [-0.05, 0) is 24.1 Å². The summed E-state index contributed by atoms with van der Waals surface area (Å²) in [6.07, 6.45) is 2.45. The van der Waals surface area contributed by atoms with Crippen LogP contribution < -0.4 is 16.0 Å². The molecule has 0 saturated heterocycles. The topological polar surface area (TPSA) is 88.8 Å². The Hall–Kier alpha value is -1.92. The summed E-state index contributed by atoms with van der Waals surface area (Å²) in [7, 11) is 0. The third-order valence-electron chi connectivity index (χ3n) is 2.56. The zero-order valence-electron chi connectivity index (χ0n) is 10.3. The molecule has 0 aliphatic rings. The molecule has 6 heteroatoms. The zero-order valence-corrected chi connectivity index (χ0v) is 10.3. The van der Waals surface area contributed by atoms with E-state index in [2.05, 4.69) is 27.5 Å². The van der Waals surface area contributed by atoms with Gasteiger partial charge in [0.05, 0.1) is 6.61 Å². The van der Waals surface area contributed by atoms with Crippen LogP contribution in [0.15, 0.2) is 30.6 Å². The van der Waals surface area contributed by atoms with Gasteiger partial charge in [-0.3, -0.25) is 10.9 Å². The first kappa shape index (κ1) is 12.5. The van der Waals surface area contributed by atoms with Gasteiger partial charge < -0.3 is 4.74 Å². The Kier molecular flexibility index (Phi) is 4.27. The highest BCUT2D eigenvalue weighted by molar-refractivity contribution is 5.31. The number of hydrogen-bond acceptors (Lipinski definition) is 5. The Morgan fingerprint density at radius 3 is 2.72 bits per heavy atom. The number of hydrogen-bond donors (Lipinski definition) is 3. The molecular formula is C12H17N5O. The molecule has 0 aliphatic heterocycles. The van der Waals surface area contributed by atoms with E-state index < -0.39 is 0 Å². The number of nitrogens with one attached hydrogen (secondary N) is 2. The van der Waals surface area contributed by atoms with Crippen LogP contribution in [0.4, 0.5) is 0 Å². The molecule has 0 bridgehead atoms. The lowest BCUT2D eigenvalue weighted by atomic mass is 10.1. The Balaban J connectivity index is 2.12. The molecule has 1 heterocycles. The van der Waals surface area contributed by atoms with Crippen molar-refractivity contribution in [2.45, 2.75) is 19.4 Å². The summed E-state index contributed by atoms with van der Waals surface area (Å²) in [6, 6.07) is 7.56. The van der Waals surface area contributed by atoms with E-state index in [1.807, 2.05) is 24.3 Å². The van der Waals surface area contributed by atoms with Gasteiger partial charge in [-0.2, -0.15) is 5.10 Å². The molecule has 1 atom stereocenters. The van der Waals surface area contributed by atoms with Gasteiger partial charge in [0.1, 0.15) is 23.9 Å². The van der Waals surface area contributed by atoms with Crippen LogP contribution >= 0.6 is 0 Å². The lowest BCUT2D eigenvalue weighted by molar-refractivity contribution is 0.317. The largest absolute Gasteiger partial charge is 0.494 e. The van der Waals surface area contributed by atoms with E-state index in [4.69, 9.17) is 10.6 Å². The van der Waals surface area contributed by atoms with Gasteiger partial charge in [0.2, 0.25) is 0 Å². The standard InChI is InChI=1S/C12H17N5O/c1-2-7-18-10-5-3-9(4-6-10)11(16-13)12-14-8-15-17-12/h3-6,8,11,16H,2,7,13H2,1H3,(H,14,15,17). The highest BCUT2D eigenvalue weighted by Gasteiger charge is 2.14. The Bertz CT molecular complexity index is 454. The van der Waals surface area contributed by atoms with E-state index in [-0.39, 0.29) is 6.04 Å². The third kappa shape index (κ3) is 2.85. The molecule has 0 aliphatic carbocycles. The van der Waals surface area contributed by atoms with Gasteiger partial charge in [0, 0.05) is 0 Å². The normalized spacial score (nSPS) is 12.3. The van der Waals surface area contributed by atoms with Crippen molar-refractivity contribution in [1.29, 1.82) is 0 Å². The number of nitrogens with two attached hydrogens (primary N) is 1. The maximum atomic E-state index is 5.55. The van der Waals surface area contributed by atoms with E-state index in [0.717, 1.165) is 24.3 Å². The second-order valence-electron chi connectivity index (χ2n) is 3.89. The van der Waals surface area contributed by atoms with Crippen molar-refractivity contribution >= 4 is 0 Å². The molecule has 1 aromatic heterocycles. The number of benzene rings is 1. The average molecular weight is 247 g/mol. The molecule has 2 rings (SSSR count). The second-order valence-corrected chi connectivity index (χ2v) is 3.89. The van der Waals surface area contributed by atoms with Crippen molar-refractivity contribution in [3.63, 3.8) is 0 Å². The lowest BCUT2D eigenvalue weighted by Crippen LogP contribution is -2.29. The Morgan fingerprint density at radius 1 is 1.39 bits per heavy atom. The van der Waals surface area contributed by atoms with E-state index in [9.17, 15) is 0 Å². The molecule has 18 heavy (non-hydrogen) atoms. The number of hydrazine groups is 1. The first-order valence-electron chi connectivity index (χ1n) is 5.89. The van der Waals surface area contributed by atoms with Gasteiger partial charge in [0.15, 0.2) is 0 Å². The summed E-state index contributed by atoms with van der Waals surface area (Å²) in [5.41, 5.74) is 3.71. The molecule has 1 unspecified atom stereocenters. The van der Waals surface area contributed by atoms with Crippen LogP contribution in [0.1, 0.15) is 30.8 Å². The molecule has 0 radical (unpaired) electrons. The Labute approximate surface area is 106 Å².